The number of hydrogen-bond acceptors (Lipinski definition) is 5. The Morgan fingerprint density at radius 2 is 2.00 bits per heavy atom. The van der Waals surface area contributed by atoms with Crippen molar-refractivity contribution in [3.8, 4) is 5.75 Å². The Balaban J connectivity index is 1.90. The third kappa shape index (κ3) is 4.66. The molecule has 1 heterocycles. The van der Waals surface area contributed by atoms with E-state index >= 15 is 0 Å². The van der Waals surface area contributed by atoms with Crippen molar-refractivity contribution < 1.29 is 14.3 Å². The summed E-state index contributed by atoms with van der Waals surface area (Å²) in [4.78, 5) is 35.1. The van der Waals surface area contributed by atoms with Crippen LogP contribution < -0.4 is 21.1 Å². The first kappa shape index (κ1) is 17.7. The minimum absolute atomic E-state index is 0.00189. The molecule has 0 aliphatic rings. The van der Waals surface area contributed by atoms with Crippen molar-refractivity contribution in [2.24, 2.45) is 7.05 Å². The minimum atomic E-state index is -0.826. The third-order valence-electron chi connectivity index (χ3n) is 2.97. The van der Waals surface area contributed by atoms with Crippen molar-refractivity contribution in [2.75, 3.05) is 0 Å². The SMILES string of the molecule is C[C@H](Oc1cccc(Br)c1)C(=O)NNC(=O)c1ccc(=O)n(C)n1. The number of nitrogens with zero attached hydrogens (tertiary/aromatic N) is 2. The van der Waals surface area contributed by atoms with Crippen molar-refractivity contribution in [2.45, 2.75) is 13.0 Å². The van der Waals surface area contributed by atoms with Crippen molar-refractivity contribution in [3.05, 3.63) is 56.9 Å². The third-order valence-corrected chi connectivity index (χ3v) is 3.46. The van der Waals surface area contributed by atoms with Crippen molar-refractivity contribution >= 4 is 27.7 Å². The van der Waals surface area contributed by atoms with Gasteiger partial charge >= 0.3 is 0 Å². The Labute approximate surface area is 145 Å². The fourth-order valence-corrected chi connectivity index (χ4v) is 2.08. The van der Waals surface area contributed by atoms with E-state index in [1.165, 1.54) is 19.2 Å². The average molecular weight is 395 g/mol. The van der Waals surface area contributed by atoms with Crippen LogP contribution in [-0.2, 0) is 11.8 Å². The van der Waals surface area contributed by atoms with Crippen LogP contribution in [0, 0.1) is 0 Å². The lowest BCUT2D eigenvalue weighted by molar-refractivity contribution is -0.128. The summed E-state index contributed by atoms with van der Waals surface area (Å²) in [7, 11) is 1.42. The highest BCUT2D eigenvalue weighted by Gasteiger charge is 2.16. The van der Waals surface area contributed by atoms with Crippen LogP contribution in [0.5, 0.6) is 5.75 Å². The zero-order valence-corrected chi connectivity index (χ0v) is 14.5. The van der Waals surface area contributed by atoms with Crippen LogP contribution in [0.25, 0.3) is 0 Å². The lowest BCUT2D eigenvalue weighted by Gasteiger charge is -2.15. The molecule has 2 N–H and O–H groups in total. The van der Waals surface area contributed by atoms with Gasteiger partial charge in [0.2, 0.25) is 0 Å². The Kier molecular flexibility index (Phi) is 5.69. The summed E-state index contributed by atoms with van der Waals surface area (Å²) in [6.45, 7) is 1.55. The van der Waals surface area contributed by atoms with Crippen molar-refractivity contribution in [3.63, 3.8) is 0 Å². The van der Waals surface area contributed by atoms with Crippen molar-refractivity contribution in [1.29, 1.82) is 0 Å². The average Bonchev–Trinajstić information content (AvgIpc) is 2.54. The van der Waals surface area contributed by atoms with E-state index in [4.69, 9.17) is 4.74 Å². The second kappa shape index (κ2) is 7.73. The van der Waals surface area contributed by atoms with Gasteiger partial charge in [-0.1, -0.05) is 22.0 Å². The zero-order chi connectivity index (χ0) is 17.7. The lowest BCUT2D eigenvalue weighted by Crippen LogP contribution is -2.47. The standard InChI is InChI=1S/C15H15BrN4O4/c1-9(24-11-5-3-4-10(16)8-11)14(22)17-18-15(23)12-6-7-13(21)20(2)19-12/h3-9H,1-2H3,(H,17,22)(H,18,23)/t9-/m0/s1. The quantitative estimate of drug-likeness (QED) is 0.745. The molecule has 24 heavy (non-hydrogen) atoms. The number of ether oxygens (including phenoxy) is 1. The largest absolute Gasteiger partial charge is 0.481 e. The molecule has 0 unspecified atom stereocenters. The van der Waals surface area contributed by atoms with Gasteiger partial charge in [-0.25, -0.2) is 4.68 Å². The topological polar surface area (TPSA) is 102 Å². The van der Waals surface area contributed by atoms with Gasteiger partial charge in [0.1, 0.15) is 5.75 Å². The molecule has 0 spiro atoms. The molecular formula is C15H15BrN4O4. The van der Waals surface area contributed by atoms with E-state index in [9.17, 15) is 14.4 Å². The first-order valence-electron chi connectivity index (χ1n) is 6.93. The maximum Gasteiger partial charge on any atom is 0.290 e. The van der Waals surface area contributed by atoms with Crippen LogP contribution in [0.4, 0.5) is 0 Å². The maximum absolute atomic E-state index is 12.0. The second-order valence-corrected chi connectivity index (χ2v) is 5.76. The summed E-state index contributed by atoms with van der Waals surface area (Å²) in [6, 6.07) is 9.52. The van der Waals surface area contributed by atoms with E-state index < -0.39 is 17.9 Å². The molecule has 2 aromatic rings. The van der Waals surface area contributed by atoms with E-state index in [0.29, 0.717) is 5.75 Å². The molecule has 9 heteroatoms. The highest BCUT2D eigenvalue weighted by Crippen LogP contribution is 2.18. The Bertz CT molecular complexity index is 821. The summed E-state index contributed by atoms with van der Waals surface area (Å²) in [5.41, 5.74) is 4.12. The van der Waals surface area contributed by atoms with Gasteiger partial charge in [-0.3, -0.25) is 25.2 Å². The predicted octanol–water partition coefficient (Wildman–Crippen LogP) is 0.771. The molecule has 1 aromatic heterocycles. The van der Waals surface area contributed by atoms with Gasteiger partial charge in [-0.2, -0.15) is 5.10 Å². The van der Waals surface area contributed by atoms with Crippen LogP contribution in [0.2, 0.25) is 0 Å². The van der Waals surface area contributed by atoms with E-state index in [2.05, 4.69) is 31.9 Å². The second-order valence-electron chi connectivity index (χ2n) is 4.84. The van der Waals surface area contributed by atoms with Crippen LogP contribution in [-0.4, -0.2) is 27.7 Å². The Hall–Kier alpha value is -2.68. The number of benzene rings is 1. The van der Waals surface area contributed by atoms with Crippen LogP contribution in [0.1, 0.15) is 17.4 Å². The van der Waals surface area contributed by atoms with Gasteiger partial charge in [0, 0.05) is 17.6 Å². The maximum atomic E-state index is 12.0. The van der Waals surface area contributed by atoms with Gasteiger partial charge in [0.25, 0.3) is 17.4 Å². The normalized spacial score (nSPS) is 11.5. The van der Waals surface area contributed by atoms with Gasteiger partial charge in [-0.15, -0.1) is 0 Å². The smallest absolute Gasteiger partial charge is 0.290 e. The molecule has 126 valence electrons. The molecule has 8 nitrogen and oxygen atoms in total. The number of rotatable bonds is 4. The van der Waals surface area contributed by atoms with E-state index in [0.717, 1.165) is 9.15 Å². The molecule has 2 amide bonds. The van der Waals surface area contributed by atoms with Crippen molar-refractivity contribution in [1.82, 2.24) is 20.6 Å². The first-order valence-corrected chi connectivity index (χ1v) is 7.73. The van der Waals surface area contributed by atoms with Crippen LogP contribution in [0.3, 0.4) is 0 Å². The summed E-state index contributed by atoms with van der Waals surface area (Å²) in [5.74, 6) is -0.667. The Morgan fingerprint density at radius 1 is 1.25 bits per heavy atom. The fraction of sp³-hybridized carbons (Fsp3) is 0.200. The van der Waals surface area contributed by atoms with Gasteiger partial charge in [-0.05, 0) is 31.2 Å². The number of carbonyl (C=O) groups excluding carboxylic acids is 2. The van der Waals surface area contributed by atoms with E-state index in [1.54, 1.807) is 25.1 Å². The van der Waals surface area contributed by atoms with E-state index in [-0.39, 0.29) is 11.3 Å². The molecule has 0 aliphatic heterocycles. The summed E-state index contributed by atoms with van der Waals surface area (Å²) >= 11 is 3.31. The van der Waals surface area contributed by atoms with E-state index in [1.807, 2.05) is 6.07 Å². The van der Waals surface area contributed by atoms with Crippen LogP contribution >= 0.6 is 15.9 Å². The van der Waals surface area contributed by atoms with Gasteiger partial charge in [0.05, 0.1) is 0 Å². The number of amides is 2. The molecule has 0 bridgehead atoms. The first-order chi connectivity index (χ1) is 11.4. The molecule has 2 rings (SSSR count). The molecule has 0 aliphatic carbocycles. The number of carbonyl (C=O) groups is 2. The summed E-state index contributed by atoms with van der Waals surface area (Å²) in [5, 5.41) is 3.78. The zero-order valence-electron chi connectivity index (χ0n) is 12.9. The monoisotopic (exact) mass is 394 g/mol. The molecule has 0 saturated carbocycles. The number of hydrazine groups is 1. The highest BCUT2D eigenvalue weighted by atomic mass is 79.9. The molecule has 1 atom stereocenters. The molecule has 0 radical (unpaired) electrons. The number of aryl methyl sites for hydroxylation is 1. The number of hydrogen-bond donors (Lipinski definition) is 2. The number of nitrogens with one attached hydrogen (secondary N) is 2. The number of halogens is 1. The minimum Gasteiger partial charge on any atom is -0.481 e. The Morgan fingerprint density at radius 3 is 2.67 bits per heavy atom. The molecular weight excluding hydrogens is 380 g/mol. The highest BCUT2D eigenvalue weighted by molar-refractivity contribution is 9.10. The van der Waals surface area contributed by atoms with Gasteiger partial charge in [0.15, 0.2) is 11.8 Å². The van der Waals surface area contributed by atoms with Crippen LogP contribution in [0.15, 0.2) is 45.7 Å². The predicted molar refractivity (Wildman–Crippen MR) is 89.3 cm³/mol. The molecule has 0 fully saturated rings. The fourth-order valence-electron chi connectivity index (χ4n) is 1.71. The number of aromatic nitrogens is 2. The summed E-state index contributed by atoms with van der Waals surface area (Å²) < 4.78 is 7.32. The molecule has 1 aromatic carbocycles. The summed E-state index contributed by atoms with van der Waals surface area (Å²) in [6.07, 6.45) is -0.826. The molecule has 0 saturated heterocycles. The van der Waals surface area contributed by atoms with Gasteiger partial charge < -0.3 is 4.74 Å². The lowest BCUT2D eigenvalue weighted by atomic mass is 10.3.